The summed E-state index contributed by atoms with van der Waals surface area (Å²) in [6.45, 7) is 11.6. The first-order valence-corrected chi connectivity index (χ1v) is 10.2. The Morgan fingerprint density at radius 2 is 1.64 bits per heavy atom. The molecular weight excluding hydrogens is 466 g/mol. The van der Waals surface area contributed by atoms with Crippen LogP contribution in [0.1, 0.15) is 58.6 Å². The van der Waals surface area contributed by atoms with Crippen LogP contribution in [-0.2, 0) is 22.3 Å². The summed E-state index contributed by atoms with van der Waals surface area (Å²) in [5, 5.41) is 18.6. The predicted octanol–water partition coefficient (Wildman–Crippen LogP) is 1.32. The van der Waals surface area contributed by atoms with Crippen LogP contribution in [0.4, 0.5) is 13.2 Å². The van der Waals surface area contributed by atoms with Gasteiger partial charge in [-0.2, -0.15) is 13.2 Å². The average molecular weight is 506 g/mol. The van der Waals surface area contributed by atoms with Gasteiger partial charge in [-0.05, 0) is 29.5 Å². The number of likely N-dealkylation sites (tertiary alicyclic amines) is 1. The van der Waals surface area contributed by atoms with Crippen LogP contribution in [0.25, 0.3) is 6.15 Å². The van der Waals surface area contributed by atoms with Crippen LogP contribution in [-0.4, -0.2) is 53.7 Å². The molecule has 1 saturated heterocycles. The number of nitrogens with zero attached hydrogens (tertiary/aromatic N) is 1. The number of nitrogens with two attached hydrogens (primary N) is 1. The van der Waals surface area contributed by atoms with Gasteiger partial charge in [0.1, 0.15) is 0 Å². The number of hydrogen-bond donors (Lipinski definition) is 3. The van der Waals surface area contributed by atoms with Gasteiger partial charge in [0, 0.05) is 33.2 Å². The summed E-state index contributed by atoms with van der Waals surface area (Å²) >= 11 is 0. The van der Waals surface area contributed by atoms with E-state index in [1.165, 1.54) is 12.1 Å². The Morgan fingerprint density at radius 3 is 1.97 bits per heavy atom. The molecule has 2 rings (SSSR count). The number of rotatable bonds is 4. The molecule has 1 aliphatic heterocycles. The van der Waals surface area contributed by atoms with Crippen molar-refractivity contribution >= 4 is 12.3 Å². The quantitative estimate of drug-likeness (QED) is 0.422. The number of hydrogen-bond acceptors (Lipinski definition) is 4. The molecule has 11 heteroatoms. The van der Waals surface area contributed by atoms with E-state index in [-0.39, 0.29) is 81.5 Å². The zero-order chi connectivity index (χ0) is 24.7. The van der Waals surface area contributed by atoms with Crippen LogP contribution >= 0.6 is 0 Å². The number of alkyl halides is 3. The smallest absolute Gasteiger partial charge is 0.693 e. The minimum absolute atomic E-state index is 0. The van der Waals surface area contributed by atoms with Crippen molar-refractivity contribution in [3.05, 3.63) is 41.5 Å². The van der Waals surface area contributed by atoms with Crippen LogP contribution in [0.3, 0.4) is 0 Å². The Balaban J connectivity index is -0.000000210. The normalized spacial score (nSPS) is 14.4. The number of carbonyl (C=O) groups excluding carboxylic acids is 2. The Bertz CT molecular complexity index is 625. The van der Waals surface area contributed by atoms with Gasteiger partial charge in [-0.15, -0.1) is 0 Å². The fraction of sp³-hybridized carbons (Fsp3) is 0.636. The van der Waals surface area contributed by atoms with Crippen molar-refractivity contribution in [1.29, 1.82) is 0 Å². The van der Waals surface area contributed by atoms with Crippen LogP contribution in [0.15, 0.2) is 24.3 Å². The maximum absolute atomic E-state index is 12.1. The number of aliphatic hydroxyl groups excluding tert-OH is 2. The van der Waals surface area contributed by atoms with Gasteiger partial charge in [0.15, 0.2) is 0 Å². The van der Waals surface area contributed by atoms with Crippen molar-refractivity contribution in [2.45, 2.75) is 66.3 Å². The van der Waals surface area contributed by atoms with Crippen molar-refractivity contribution < 1.29 is 84.4 Å². The number of nitrogens with one attached hydrogen (secondary N) is 1. The summed E-state index contributed by atoms with van der Waals surface area (Å²) in [6, 6.07) is 4.64. The van der Waals surface area contributed by atoms with E-state index in [1.54, 1.807) is 4.90 Å². The second-order valence-electron chi connectivity index (χ2n) is 7.71. The first kappa shape index (κ1) is 39.7. The summed E-state index contributed by atoms with van der Waals surface area (Å²) in [5.41, 5.74) is -0.0117. The Morgan fingerprint density at radius 1 is 1.15 bits per heavy atom. The summed E-state index contributed by atoms with van der Waals surface area (Å²) < 4.78 is 36.3. The molecule has 0 aromatic heterocycles. The molecule has 0 radical (unpaired) electrons. The molecule has 1 fully saturated rings. The number of benzene rings is 1. The molecule has 188 valence electrons. The van der Waals surface area contributed by atoms with Gasteiger partial charge in [0.05, 0.1) is 11.7 Å². The zero-order valence-corrected chi connectivity index (χ0v) is 24.0. The number of amides is 2. The van der Waals surface area contributed by atoms with E-state index in [0.717, 1.165) is 32.2 Å². The molecule has 0 spiro atoms. The molecular formula is C22H39F3KN3O4. The average Bonchev–Trinajstić information content (AvgIpc) is 3.15. The van der Waals surface area contributed by atoms with Crippen molar-refractivity contribution in [1.82, 2.24) is 10.2 Å². The molecule has 1 unspecified atom stereocenters. The van der Waals surface area contributed by atoms with Gasteiger partial charge in [-0.25, -0.2) is 0 Å². The summed E-state index contributed by atoms with van der Waals surface area (Å²) in [4.78, 5) is 23.3. The molecule has 7 nitrogen and oxygen atoms in total. The molecule has 1 heterocycles. The minimum Gasteiger partial charge on any atom is -0.693 e. The third kappa shape index (κ3) is 19.5. The van der Waals surface area contributed by atoms with Gasteiger partial charge < -0.3 is 26.6 Å². The van der Waals surface area contributed by atoms with Crippen LogP contribution in [0.2, 0.25) is 0 Å². The van der Waals surface area contributed by atoms with Crippen molar-refractivity contribution in [2.75, 3.05) is 20.2 Å². The fourth-order valence-corrected chi connectivity index (χ4v) is 2.50. The topological polar surface area (TPSA) is 123 Å². The first-order valence-electron chi connectivity index (χ1n) is 10.2. The molecule has 1 aliphatic rings. The maximum Gasteiger partial charge on any atom is 1.00 e. The number of β-amino-alcohol motifs (C(OH)–C–C–N with tert-alkyl or cyclic N) is 1. The molecule has 0 bridgehead atoms. The standard InChI is InChI=1S/C10H19NO2.C9H8F3NO.C2H6.CH4O.K.H2N/c1-10(2,3)6-9(13)11-5-4-8(12)7-11;10-9(11,12)8-3-1-7(2-4-8)5-13-6-14;2*1-2;;/h8,12H,4-7H2,1-3H3;1-4,6H,5H2,(H,13,14);1-2H3;2H,1H3;;1H2/q;;;;+1;-1. The SMILES string of the molecule is CC.CC(C)(C)CC(=O)N1CCC(O)C1.CO.O=CNCc1ccc(C(F)(F)F)cc1.[K+].[NH2-]. The van der Waals surface area contributed by atoms with E-state index in [1.807, 2.05) is 13.8 Å². The zero-order valence-electron chi connectivity index (χ0n) is 20.9. The first-order chi connectivity index (χ1) is 14.4. The van der Waals surface area contributed by atoms with Crippen LogP contribution in [0.5, 0.6) is 0 Å². The molecule has 2 amide bonds. The second-order valence-corrected chi connectivity index (χ2v) is 7.71. The van der Waals surface area contributed by atoms with Gasteiger partial charge in [0.25, 0.3) is 0 Å². The Hall–Kier alpha value is -0.534. The van der Waals surface area contributed by atoms with Gasteiger partial charge in [0.2, 0.25) is 12.3 Å². The molecule has 5 N–H and O–H groups in total. The maximum atomic E-state index is 12.1. The third-order valence-electron chi connectivity index (χ3n) is 3.87. The summed E-state index contributed by atoms with van der Waals surface area (Å²) in [5.74, 6) is 0.170. The molecule has 1 atom stereocenters. The fourth-order valence-electron chi connectivity index (χ4n) is 2.50. The Labute approximate surface area is 238 Å². The van der Waals surface area contributed by atoms with Crippen molar-refractivity contribution in [3.63, 3.8) is 0 Å². The number of halogens is 3. The Kier molecular flexibility index (Phi) is 25.0. The predicted molar refractivity (Wildman–Crippen MR) is 120 cm³/mol. The van der Waals surface area contributed by atoms with Gasteiger partial charge in [-0.1, -0.05) is 46.8 Å². The summed E-state index contributed by atoms with van der Waals surface area (Å²) in [6.07, 6.45) is -2.81. The molecule has 1 aromatic carbocycles. The number of carbonyl (C=O) groups is 2. The number of aliphatic hydroxyl groups is 2. The van der Waals surface area contributed by atoms with E-state index in [4.69, 9.17) is 5.11 Å². The van der Waals surface area contributed by atoms with E-state index in [0.29, 0.717) is 24.9 Å². The molecule has 0 saturated carbocycles. The minimum atomic E-state index is -4.31. The van der Waals surface area contributed by atoms with E-state index in [2.05, 4.69) is 26.1 Å². The molecule has 33 heavy (non-hydrogen) atoms. The van der Waals surface area contributed by atoms with E-state index in [9.17, 15) is 27.9 Å². The van der Waals surface area contributed by atoms with Crippen LogP contribution < -0.4 is 56.7 Å². The van der Waals surface area contributed by atoms with Crippen molar-refractivity contribution in [3.8, 4) is 0 Å². The van der Waals surface area contributed by atoms with E-state index < -0.39 is 11.7 Å². The third-order valence-corrected chi connectivity index (χ3v) is 3.87. The second kappa shape index (κ2) is 20.8. The van der Waals surface area contributed by atoms with Gasteiger partial charge in [-0.3, -0.25) is 9.59 Å². The van der Waals surface area contributed by atoms with Gasteiger partial charge >= 0.3 is 57.6 Å². The monoisotopic (exact) mass is 505 g/mol. The molecule has 0 aliphatic carbocycles. The molecule has 1 aromatic rings. The van der Waals surface area contributed by atoms with E-state index >= 15 is 0 Å². The van der Waals surface area contributed by atoms with Crippen LogP contribution in [0, 0.1) is 5.41 Å². The largest absolute Gasteiger partial charge is 1.00 e. The summed E-state index contributed by atoms with van der Waals surface area (Å²) in [7, 11) is 1.00. The van der Waals surface area contributed by atoms with Crippen molar-refractivity contribution in [2.24, 2.45) is 5.41 Å².